The number of thiazole rings is 1. The average Bonchev–Trinajstić information content (AvgIpc) is 3.22. The predicted octanol–water partition coefficient (Wildman–Crippen LogP) is 2.07. The van der Waals surface area contributed by atoms with E-state index in [4.69, 9.17) is 4.74 Å². The highest BCUT2D eigenvalue weighted by Crippen LogP contribution is 2.16. The van der Waals surface area contributed by atoms with Gasteiger partial charge in [-0.1, -0.05) is 24.3 Å². The van der Waals surface area contributed by atoms with Crippen molar-refractivity contribution in [2.24, 2.45) is 0 Å². The number of ether oxygens (including phenoxy) is 2. The lowest BCUT2D eigenvalue weighted by Crippen LogP contribution is -2.42. The van der Waals surface area contributed by atoms with Crippen molar-refractivity contribution in [3.05, 3.63) is 78.7 Å². The average molecular weight is 555 g/mol. The number of halogens is 2. The number of carbonyl (C=O) groups is 1. The lowest BCUT2D eigenvalue weighted by molar-refractivity contribution is -0.115. The molecule has 1 N–H and O–H groups in total. The molecular formula is C28H28F2N4O4S. The van der Waals surface area contributed by atoms with Crippen molar-refractivity contribution in [3.8, 4) is 17.5 Å². The summed E-state index contributed by atoms with van der Waals surface area (Å²) >= 11 is 1.02. The molecule has 0 spiro atoms. The number of amides is 1. The molecule has 204 valence electrons. The lowest BCUT2D eigenvalue weighted by atomic mass is 10.1. The molecule has 1 amide bonds. The van der Waals surface area contributed by atoms with Crippen LogP contribution in [-0.2, 0) is 9.53 Å². The van der Waals surface area contributed by atoms with Crippen LogP contribution in [0.2, 0.25) is 0 Å². The van der Waals surface area contributed by atoms with E-state index in [1.54, 1.807) is 18.2 Å². The summed E-state index contributed by atoms with van der Waals surface area (Å²) in [6.45, 7) is 4.59. The topological polar surface area (TPSA) is 96.6 Å². The summed E-state index contributed by atoms with van der Waals surface area (Å²) in [6, 6.07) is 13.5. The van der Waals surface area contributed by atoms with Crippen molar-refractivity contribution in [2.75, 3.05) is 39.4 Å². The van der Waals surface area contributed by atoms with Crippen LogP contribution in [0.4, 0.5) is 8.78 Å². The van der Waals surface area contributed by atoms with Gasteiger partial charge in [0.25, 0.3) is 11.5 Å². The van der Waals surface area contributed by atoms with E-state index in [9.17, 15) is 23.6 Å². The minimum Gasteiger partial charge on any atom is -0.435 e. The highest BCUT2D eigenvalue weighted by molar-refractivity contribution is 7.07. The van der Waals surface area contributed by atoms with E-state index in [0.717, 1.165) is 35.6 Å². The molecule has 2 heterocycles. The molecule has 2 aromatic carbocycles. The summed E-state index contributed by atoms with van der Waals surface area (Å²) in [5.41, 5.74) is 2.29. The molecule has 0 saturated carbocycles. The molecule has 39 heavy (non-hydrogen) atoms. The molecule has 1 saturated heterocycles. The molecule has 0 atom stereocenters. The third kappa shape index (κ3) is 6.97. The third-order valence-corrected chi connectivity index (χ3v) is 7.29. The number of alkyl halides is 2. The maximum absolute atomic E-state index is 13.7. The number of nitrogens with zero attached hydrogens (tertiary/aromatic N) is 3. The number of hydrogen-bond acceptors (Lipinski definition) is 7. The zero-order valence-corrected chi connectivity index (χ0v) is 22.4. The van der Waals surface area contributed by atoms with Crippen molar-refractivity contribution in [2.45, 2.75) is 20.5 Å². The Hall–Kier alpha value is -3.85. The van der Waals surface area contributed by atoms with Gasteiger partial charge in [-0.3, -0.25) is 19.1 Å². The Balaban J connectivity index is 1.78. The van der Waals surface area contributed by atoms with E-state index in [0.29, 0.717) is 37.6 Å². The van der Waals surface area contributed by atoms with Crippen LogP contribution in [0.3, 0.4) is 0 Å². The molecular weight excluding hydrogens is 526 g/mol. The van der Waals surface area contributed by atoms with Gasteiger partial charge >= 0.3 is 6.61 Å². The van der Waals surface area contributed by atoms with E-state index in [1.165, 1.54) is 16.7 Å². The first-order valence-corrected chi connectivity index (χ1v) is 13.2. The molecule has 1 aromatic heterocycles. The molecule has 8 nitrogen and oxygen atoms in total. The Morgan fingerprint density at radius 2 is 1.92 bits per heavy atom. The number of aromatic nitrogens is 1. The van der Waals surface area contributed by atoms with Crippen LogP contribution >= 0.6 is 11.3 Å². The number of nitriles is 1. The third-order valence-electron chi connectivity index (χ3n) is 6.20. The molecule has 1 aliphatic rings. The molecule has 0 bridgehead atoms. The second-order valence-corrected chi connectivity index (χ2v) is 10.0. The first-order chi connectivity index (χ1) is 18.8. The minimum absolute atomic E-state index is 0.00401. The van der Waals surface area contributed by atoms with Gasteiger partial charge in [0.2, 0.25) is 0 Å². The second kappa shape index (κ2) is 12.8. The van der Waals surface area contributed by atoms with Gasteiger partial charge in [-0.2, -0.15) is 14.0 Å². The molecule has 0 aliphatic carbocycles. The van der Waals surface area contributed by atoms with Gasteiger partial charge in [-0.25, -0.2) is 0 Å². The first-order valence-electron chi connectivity index (χ1n) is 12.4. The fraction of sp³-hybridized carbons (Fsp3) is 0.321. The fourth-order valence-electron chi connectivity index (χ4n) is 4.16. The zero-order valence-electron chi connectivity index (χ0n) is 21.6. The molecule has 4 rings (SSSR count). The second-order valence-electron chi connectivity index (χ2n) is 8.99. The van der Waals surface area contributed by atoms with Gasteiger partial charge in [0.1, 0.15) is 16.5 Å². The van der Waals surface area contributed by atoms with Crippen LogP contribution in [0.1, 0.15) is 16.7 Å². The van der Waals surface area contributed by atoms with Crippen molar-refractivity contribution >= 4 is 28.9 Å². The quantitative estimate of drug-likeness (QED) is 0.458. The molecule has 3 aromatic rings. The number of rotatable bonds is 8. The Labute approximate surface area is 228 Å². The summed E-state index contributed by atoms with van der Waals surface area (Å²) in [4.78, 5) is 29.0. The Kier molecular flexibility index (Phi) is 9.24. The van der Waals surface area contributed by atoms with E-state index >= 15 is 0 Å². The highest BCUT2D eigenvalue weighted by atomic mass is 32.1. The van der Waals surface area contributed by atoms with E-state index < -0.39 is 18.1 Å². The minimum atomic E-state index is -2.94. The highest BCUT2D eigenvalue weighted by Gasteiger charge is 2.19. The van der Waals surface area contributed by atoms with Crippen molar-refractivity contribution in [1.29, 1.82) is 5.26 Å². The van der Waals surface area contributed by atoms with Gasteiger partial charge in [-0.15, -0.1) is 11.3 Å². The lowest BCUT2D eigenvalue weighted by Gasteiger charge is -2.26. The summed E-state index contributed by atoms with van der Waals surface area (Å²) < 4.78 is 36.6. The molecule has 1 aliphatic heterocycles. The molecule has 0 unspecified atom stereocenters. The molecule has 1 fully saturated rings. The SMILES string of the molecule is Cc1ccc(C)c(-n2c(=O)/c(=C\c3ccc(OC(F)F)cc3)s/c2=C(/C#N)C(=O)NCCN2CCOCC2)c1. The van der Waals surface area contributed by atoms with Gasteiger partial charge in [0.15, 0.2) is 5.57 Å². The summed E-state index contributed by atoms with van der Waals surface area (Å²) in [7, 11) is 0. The first kappa shape index (κ1) is 28.2. The number of aryl methyl sites for hydroxylation is 2. The van der Waals surface area contributed by atoms with Crippen LogP contribution in [0.15, 0.2) is 47.3 Å². The fourth-order valence-corrected chi connectivity index (χ4v) is 5.26. The van der Waals surface area contributed by atoms with Crippen molar-refractivity contribution < 1.29 is 23.0 Å². The number of nitrogens with one attached hydrogen (secondary N) is 1. The zero-order chi connectivity index (χ0) is 27.9. The number of morpholine rings is 1. The Morgan fingerprint density at radius 3 is 2.59 bits per heavy atom. The molecule has 0 radical (unpaired) electrons. The monoisotopic (exact) mass is 554 g/mol. The number of carbonyl (C=O) groups excluding carboxylic acids is 1. The van der Waals surface area contributed by atoms with Crippen molar-refractivity contribution in [3.63, 3.8) is 0 Å². The van der Waals surface area contributed by atoms with Crippen LogP contribution in [0.5, 0.6) is 5.75 Å². The van der Waals surface area contributed by atoms with E-state index in [2.05, 4.69) is 15.0 Å². The van der Waals surface area contributed by atoms with E-state index in [-0.39, 0.29) is 20.5 Å². The smallest absolute Gasteiger partial charge is 0.387 e. The van der Waals surface area contributed by atoms with Crippen LogP contribution in [-0.4, -0.2) is 61.4 Å². The largest absolute Gasteiger partial charge is 0.435 e. The van der Waals surface area contributed by atoms with Crippen LogP contribution < -0.4 is 24.8 Å². The maximum atomic E-state index is 13.7. The number of hydrogen-bond donors (Lipinski definition) is 1. The van der Waals surface area contributed by atoms with Crippen LogP contribution in [0, 0.1) is 25.2 Å². The maximum Gasteiger partial charge on any atom is 0.387 e. The summed E-state index contributed by atoms with van der Waals surface area (Å²) in [6.07, 6.45) is 1.59. The summed E-state index contributed by atoms with van der Waals surface area (Å²) in [5, 5.41) is 12.8. The standard InChI is InChI=1S/C28H28F2N4O4S/c1-18-3-4-19(2)23(15-18)34-26(36)24(16-20-5-7-21(8-6-20)38-28(29)30)39-27(34)22(17-31)25(35)32-9-10-33-11-13-37-14-12-33/h3-8,15-16,28H,9-14H2,1-2H3,(H,32,35)/b24-16+,27-22-. The Morgan fingerprint density at radius 1 is 1.21 bits per heavy atom. The van der Waals surface area contributed by atoms with E-state index in [1.807, 2.05) is 38.1 Å². The number of benzene rings is 2. The Bertz CT molecular complexity index is 1550. The van der Waals surface area contributed by atoms with Gasteiger partial charge in [0, 0.05) is 26.2 Å². The van der Waals surface area contributed by atoms with Crippen LogP contribution in [0.25, 0.3) is 17.3 Å². The predicted molar refractivity (Wildman–Crippen MR) is 145 cm³/mol. The molecule has 11 heteroatoms. The van der Waals surface area contributed by atoms with Crippen molar-refractivity contribution in [1.82, 2.24) is 14.8 Å². The van der Waals surface area contributed by atoms with Gasteiger partial charge in [-0.05, 0) is 54.8 Å². The normalized spacial score (nSPS) is 15.2. The summed E-state index contributed by atoms with van der Waals surface area (Å²) in [5.74, 6) is -0.568. The van der Waals surface area contributed by atoms with Gasteiger partial charge < -0.3 is 14.8 Å². The van der Waals surface area contributed by atoms with Gasteiger partial charge in [0.05, 0.1) is 23.4 Å².